The number of alkyl carbamates (subject to hydrolysis) is 1. The van der Waals surface area contributed by atoms with E-state index in [1.165, 1.54) is 0 Å². The molecule has 3 rings (SSSR count). The van der Waals surface area contributed by atoms with Gasteiger partial charge in [-0.25, -0.2) is 4.79 Å². The van der Waals surface area contributed by atoms with E-state index in [1.54, 1.807) is 24.3 Å². The standard InChI is InChI=1S/C19H25N5O3/c1-19(2,3)27-18(26)21-11-13-6-8-14(9-7-13)17(25)20-12-16-23-22-15-5-4-10-24(15)16/h6-9H,4-5,10-12H2,1-3H3,(H,20,25)(H,21,26). The number of nitrogens with one attached hydrogen (secondary N) is 2. The van der Waals surface area contributed by atoms with Crippen molar-refractivity contribution in [3.8, 4) is 0 Å². The van der Waals surface area contributed by atoms with Gasteiger partial charge in [-0.05, 0) is 44.9 Å². The molecule has 1 aromatic heterocycles. The van der Waals surface area contributed by atoms with E-state index in [0.29, 0.717) is 18.7 Å². The topological polar surface area (TPSA) is 98.1 Å². The molecule has 2 amide bonds. The van der Waals surface area contributed by atoms with Gasteiger partial charge in [-0.2, -0.15) is 0 Å². The fraction of sp³-hybridized carbons (Fsp3) is 0.474. The summed E-state index contributed by atoms with van der Waals surface area (Å²) in [4.78, 5) is 24.0. The predicted molar refractivity (Wildman–Crippen MR) is 99.0 cm³/mol. The third-order valence-electron chi connectivity index (χ3n) is 4.15. The molecule has 0 saturated carbocycles. The third-order valence-corrected chi connectivity index (χ3v) is 4.15. The van der Waals surface area contributed by atoms with Gasteiger partial charge < -0.3 is 19.9 Å². The van der Waals surface area contributed by atoms with Gasteiger partial charge in [-0.1, -0.05) is 12.1 Å². The van der Waals surface area contributed by atoms with Crippen LogP contribution in [0.1, 0.15) is 54.8 Å². The van der Waals surface area contributed by atoms with Gasteiger partial charge in [0.05, 0.1) is 6.54 Å². The van der Waals surface area contributed by atoms with Crippen molar-refractivity contribution in [1.82, 2.24) is 25.4 Å². The molecular formula is C19H25N5O3. The molecule has 0 unspecified atom stereocenters. The summed E-state index contributed by atoms with van der Waals surface area (Å²) in [6, 6.07) is 7.08. The number of amides is 2. The number of hydrogen-bond acceptors (Lipinski definition) is 5. The number of fused-ring (bicyclic) bond motifs is 1. The first-order valence-corrected chi connectivity index (χ1v) is 9.07. The van der Waals surface area contributed by atoms with E-state index < -0.39 is 11.7 Å². The molecule has 27 heavy (non-hydrogen) atoms. The van der Waals surface area contributed by atoms with Crippen LogP contribution in [0.4, 0.5) is 4.79 Å². The van der Waals surface area contributed by atoms with Crippen LogP contribution in [0, 0.1) is 0 Å². The predicted octanol–water partition coefficient (Wildman–Crippen LogP) is 2.18. The van der Waals surface area contributed by atoms with Crippen molar-refractivity contribution in [3.05, 3.63) is 47.0 Å². The molecule has 0 spiro atoms. The molecule has 0 saturated heterocycles. The van der Waals surface area contributed by atoms with E-state index in [0.717, 1.165) is 36.6 Å². The highest BCUT2D eigenvalue weighted by Gasteiger charge is 2.18. The van der Waals surface area contributed by atoms with Gasteiger partial charge in [-0.15, -0.1) is 10.2 Å². The largest absolute Gasteiger partial charge is 0.444 e. The molecule has 1 aliphatic rings. The Kier molecular flexibility index (Phi) is 5.43. The zero-order valence-corrected chi connectivity index (χ0v) is 15.9. The fourth-order valence-corrected chi connectivity index (χ4v) is 2.87. The van der Waals surface area contributed by atoms with Crippen LogP contribution in [0.2, 0.25) is 0 Å². The maximum atomic E-state index is 12.3. The van der Waals surface area contributed by atoms with Crippen molar-refractivity contribution in [2.45, 2.75) is 58.8 Å². The molecule has 2 N–H and O–H groups in total. The number of nitrogens with zero attached hydrogens (tertiary/aromatic N) is 3. The minimum Gasteiger partial charge on any atom is -0.444 e. The van der Waals surface area contributed by atoms with Crippen LogP contribution in [-0.4, -0.2) is 32.4 Å². The molecule has 144 valence electrons. The zero-order chi connectivity index (χ0) is 19.4. The first-order chi connectivity index (χ1) is 12.8. The number of carbonyl (C=O) groups is 2. The molecule has 0 fully saturated rings. The van der Waals surface area contributed by atoms with Crippen LogP contribution in [0.25, 0.3) is 0 Å². The van der Waals surface area contributed by atoms with E-state index in [2.05, 4.69) is 25.4 Å². The smallest absolute Gasteiger partial charge is 0.407 e. The van der Waals surface area contributed by atoms with Crippen molar-refractivity contribution < 1.29 is 14.3 Å². The third kappa shape index (κ3) is 5.06. The summed E-state index contributed by atoms with van der Waals surface area (Å²) in [5.41, 5.74) is 0.904. The van der Waals surface area contributed by atoms with E-state index in [-0.39, 0.29) is 5.91 Å². The Morgan fingerprint density at radius 1 is 1.11 bits per heavy atom. The Bertz CT molecular complexity index is 821. The lowest BCUT2D eigenvalue weighted by Gasteiger charge is -2.19. The molecule has 0 atom stereocenters. The molecule has 0 radical (unpaired) electrons. The summed E-state index contributed by atoms with van der Waals surface area (Å²) in [6.07, 6.45) is 1.55. The average Bonchev–Trinajstić information content (AvgIpc) is 3.21. The van der Waals surface area contributed by atoms with E-state index in [1.807, 2.05) is 20.8 Å². The van der Waals surface area contributed by atoms with Crippen molar-refractivity contribution in [3.63, 3.8) is 0 Å². The highest BCUT2D eigenvalue weighted by Crippen LogP contribution is 2.14. The number of carbonyl (C=O) groups excluding carboxylic acids is 2. The number of ether oxygens (including phenoxy) is 1. The first-order valence-electron chi connectivity index (χ1n) is 9.07. The summed E-state index contributed by atoms with van der Waals surface area (Å²) in [7, 11) is 0. The SMILES string of the molecule is CC(C)(C)OC(=O)NCc1ccc(C(=O)NCc2nnc3n2CCC3)cc1. The lowest BCUT2D eigenvalue weighted by molar-refractivity contribution is 0.0523. The minimum absolute atomic E-state index is 0.169. The van der Waals surface area contributed by atoms with Crippen LogP contribution in [-0.2, 0) is 30.8 Å². The van der Waals surface area contributed by atoms with Gasteiger partial charge >= 0.3 is 6.09 Å². The second-order valence-electron chi connectivity index (χ2n) is 7.52. The molecule has 1 aliphatic heterocycles. The summed E-state index contributed by atoms with van der Waals surface area (Å²) in [5.74, 6) is 1.60. The summed E-state index contributed by atoms with van der Waals surface area (Å²) < 4.78 is 7.25. The zero-order valence-electron chi connectivity index (χ0n) is 15.9. The average molecular weight is 371 g/mol. The second-order valence-corrected chi connectivity index (χ2v) is 7.52. The highest BCUT2D eigenvalue weighted by atomic mass is 16.6. The molecule has 0 aliphatic carbocycles. The molecule has 8 nitrogen and oxygen atoms in total. The minimum atomic E-state index is -0.531. The van der Waals surface area contributed by atoms with Crippen LogP contribution >= 0.6 is 0 Å². The fourth-order valence-electron chi connectivity index (χ4n) is 2.87. The van der Waals surface area contributed by atoms with E-state index in [4.69, 9.17) is 4.74 Å². The molecule has 0 bridgehead atoms. The quantitative estimate of drug-likeness (QED) is 0.839. The highest BCUT2D eigenvalue weighted by molar-refractivity contribution is 5.94. The van der Waals surface area contributed by atoms with Gasteiger partial charge in [-0.3, -0.25) is 4.79 Å². The van der Waals surface area contributed by atoms with Gasteiger partial charge in [0.1, 0.15) is 11.4 Å². The Morgan fingerprint density at radius 2 is 1.85 bits per heavy atom. The lowest BCUT2D eigenvalue weighted by atomic mass is 10.1. The van der Waals surface area contributed by atoms with Gasteiger partial charge in [0.15, 0.2) is 5.82 Å². The van der Waals surface area contributed by atoms with Gasteiger partial charge in [0, 0.05) is 25.1 Å². The normalized spacial score (nSPS) is 13.1. The molecule has 2 heterocycles. The van der Waals surface area contributed by atoms with Crippen molar-refractivity contribution in [2.24, 2.45) is 0 Å². The van der Waals surface area contributed by atoms with Gasteiger partial charge in [0.25, 0.3) is 5.91 Å². The van der Waals surface area contributed by atoms with Gasteiger partial charge in [0.2, 0.25) is 0 Å². The van der Waals surface area contributed by atoms with Crippen molar-refractivity contribution >= 4 is 12.0 Å². The molecular weight excluding hydrogens is 346 g/mol. The van der Waals surface area contributed by atoms with E-state index in [9.17, 15) is 9.59 Å². The van der Waals surface area contributed by atoms with Crippen molar-refractivity contribution in [2.75, 3.05) is 0 Å². The second kappa shape index (κ2) is 7.77. The summed E-state index contributed by atoms with van der Waals surface area (Å²) >= 11 is 0. The number of aryl methyl sites for hydroxylation is 1. The summed E-state index contributed by atoms with van der Waals surface area (Å²) in [5, 5.41) is 13.8. The Morgan fingerprint density at radius 3 is 2.56 bits per heavy atom. The van der Waals surface area contributed by atoms with Crippen LogP contribution in [0.15, 0.2) is 24.3 Å². The Balaban J connectivity index is 1.49. The number of hydrogen-bond donors (Lipinski definition) is 2. The molecule has 2 aromatic rings. The number of rotatable bonds is 5. The van der Waals surface area contributed by atoms with Crippen LogP contribution in [0.5, 0.6) is 0 Å². The maximum absolute atomic E-state index is 12.3. The first kappa shape index (κ1) is 18.9. The summed E-state index contributed by atoms with van der Waals surface area (Å²) in [6.45, 7) is 7.04. The molecule has 8 heteroatoms. The maximum Gasteiger partial charge on any atom is 0.407 e. The van der Waals surface area contributed by atoms with Crippen LogP contribution < -0.4 is 10.6 Å². The lowest BCUT2D eigenvalue weighted by Crippen LogP contribution is -2.32. The number of benzene rings is 1. The Labute approximate surface area is 158 Å². The van der Waals surface area contributed by atoms with Crippen LogP contribution in [0.3, 0.4) is 0 Å². The number of aromatic nitrogens is 3. The Hall–Kier alpha value is -2.90. The molecule has 1 aromatic carbocycles. The van der Waals surface area contributed by atoms with Crippen molar-refractivity contribution in [1.29, 1.82) is 0 Å². The monoisotopic (exact) mass is 371 g/mol. The van der Waals surface area contributed by atoms with E-state index >= 15 is 0 Å².